The Labute approximate surface area is 123 Å². The number of hydrogen-bond donors (Lipinski definition) is 2. The Morgan fingerprint density at radius 3 is 2.33 bits per heavy atom. The zero-order valence-electron chi connectivity index (χ0n) is 12.7. The first-order valence-corrected chi connectivity index (χ1v) is 7.11. The van der Waals surface area contributed by atoms with Crippen LogP contribution in [0.25, 0.3) is 0 Å². The molecule has 0 aromatic rings. The third-order valence-corrected chi connectivity index (χ3v) is 4.10. The minimum Gasteiger partial charge on any atom is -0.481 e. The lowest BCUT2D eigenvalue weighted by atomic mass is 9.64. The summed E-state index contributed by atoms with van der Waals surface area (Å²) in [6.45, 7) is 5.65. The van der Waals surface area contributed by atoms with E-state index in [0.29, 0.717) is 19.4 Å². The second-order valence-corrected chi connectivity index (χ2v) is 6.91. The lowest BCUT2D eigenvalue weighted by Gasteiger charge is -2.55. The first kappa shape index (κ1) is 16.0. The van der Waals surface area contributed by atoms with Gasteiger partial charge >= 0.3 is 12.1 Å². The molecule has 1 unspecified atom stereocenters. The van der Waals surface area contributed by atoms with E-state index in [-0.39, 0.29) is 19.7 Å². The first-order valence-electron chi connectivity index (χ1n) is 7.11. The van der Waals surface area contributed by atoms with Crippen molar-refractivity contribution < 1.29 is 29.3 Å². The molecule has 7 heteroatoms. The molecule has 0 saturated carbocycles. The molecule has 2 aliphatic heterocycles. The summed E-state index contributed by atoms with van der Waals surface area (Å²) < 4.78 is 10.5. The Hall–Kier alpha value is -1.34. The number of hydrogen-bond acceptors (Lipinski definition) is 5. The van der Waals surface area contributed by atoms with Gasteiger partial charge in [-0.05, 0) is 33.6 Å². The van der Waals surface area contributed by atoms with E-state index in [0.717, 1.165) is 0 Å². The van der Waals surface area contributed by atoms with Crippen molar-refractivity contribution in [2.24, 2.45) is 5.41 Å². The molecule has 0 aliphatic carbocycles. The van der Waals surface area contributed by atoms with Crippen LogP contribution in [0.1, 0.15) is 33.6 Å². The van der Waals surface area contributed by atoms with Gasteiger partial charge in [-0.15, -0.1) is 0 Å². The topological polar surface area (TPSA) is 96.3 Å². The SMILES string of the molecule is CC(C)(C)OC(=O)N1CC(O)(C2(C(=O)O)CCCOC2)C1. The number of carbonyl (C=O) groups excluding carboxylic acids is 1. The highest BCUT2D eigenvalue weighted by atomic mass is 16.6. The smallest absolute Gasteiger partial charge is 0.410 e. The van der Waals surface area contributed by atoms with Crippen LogP contribution in [0, 0.1) is 5.41 Å². The number of β-amino-alcohol motifs (C(OH)–C–C–N with tert-alkyl or cyclic N) is 1. The molecule has 2 aliphatic rings. The standard InChI is InChI=1S/C14H23NO6/c1-12(2,3)21-11(18)15-7-14(19,8-15)13(10(16)17)5-4-6-20-9-13/h19H,4-9H2,1-3H3,(H,16,17). The van der Waals surface area contributed by atoms with Gasteiger partial charge in [-0.3, -0.25) is 4.79 Å². The Kier molecular flexibility index (Phi) is 3.92. The Bertz CT molecular complexity index is 429. The zero-order chi connectivity index (χ0) is 15.9. The number of ether oxygens (including phenoxy) is 2. The van der Waals surface area contributed by atoms with Crippen molar-refractivity contribution in [1.29, 1.82) is 0 Å². The highest BCUT2D eigenvalue weighted by Crippen LogP contribution is 2.45. The van der Waals surface area contributed by atoms with E-state index < -0.39 is 28.7 Å². The monoisotopic (exact) mass is 301 g/mol. The van der Waals surface area contributed by atoms with Gasteiger partial charge in [0.2, 0.25) is 0 Å². The number of likely N-dealkylation sites (tertiary alicyclic amines) is 1. The number of aliphatic carboxylic acids is 1. The van der Waals surface area contributed by atoms with Crippen molar-refractivity contribution in [2.45, 2.75) is 44.8 Å². The fourth-order valence-corrected chi connectivity index (χ4v) is 2.87. The summed E-state index contributed by atoms with van der Waals surface area (Å²) in [6.07, 6.45) is 0.395. The second-order valence-electron chi connectivity index (χ2n) is 6.91. The van der Waals surface area contributed by atoms with Gasteiger partial charge in [-0.1, -0.05) is 0 Å². The van der Waals surface area contributed by atoms with Crippen molar-refractivity contribution in [3.05, 3.63) is 0 Å². The molecule has 21 heavy (non-hydrogen) atoms. The van der Waals surface area contributed by atoms with E-state index in [1.165, 1.54) is 4.90 Å². The minimum absolute atomic E-state index is 0.0268. The van der Waals surface area contributed by atoms with Crippen molar-refractivity contribution >= 4 is 12.1 Å². The average molecular weight is 301 g/mol. The van der Waals surface area contributed by atoms with Gasteiger partial charge in [-0.25, -0.2) is 4.79 Å². The van der Waals surface area contributed by atoms with Crippen molar-refractivity contribution in [1.82, 2.24) is 4.90 Å². The molecular formula is C14H23NO6. The highest BCUT2D eigenvalue weighted by Gasteiger charge is 2.63. The molecular weight excluding hydrogens is 278 g/mol. The molecule has 2 N–H and O–H groups in total. The van der Waals surface area contributed by atoms with Crippen LogP contribution in [0.15, 0.2) is 0 Å². The molecule has 1 atom stereocenters. The highest BCUT2D eigenvalue weighted by molar-refractivity contribution is 5.78. The van der Waals surface area contributed by atoms with Crippen LogP contribution in [-0.2, 0) is 14.3 Å². The lowest BCUT2D eigenvalue weighted by Crippen LogP contribution is -2.74. The van der Waals surface area contributed by atoms with Gasteiger partial charge < -0.3 is 24.6 Å². The molecule has 0 radical (unpaired) electrons. The van der Waals surface area contributed by atoms with Crippen molar-refractivity contribution in [2.75, 3.05) is 26.3 Å². The lowest BCUT2D eigenvalue weighted by molar-refractivity contribution is -0.220. The molecule has 120 valence electrons. The normalized spacial score (nSPS) is 28.7. The van der Waals surface area contributed by atoms with Gasteiger partial charge in [0.15, 0.2) is 0 Å². The summed E-state index contributed by atoms with van der Waals surface area (Å²) in [7, 11) is 0. The van der Waals surface area contributed by atoms with Crippen LogP contribution in [-0.4, -0.2) is 64.7 Å². The number of rotatable bonds is 2. The molecule has 2 fully saturated rings. The van der Waals surface area contributed by atoms with Crippen LogP contribution in [0.3, 0.4) is 0 Å². The molecule has 2 saturated heterocycles. The third kappa shape index (κ3) is 2.85. The van der Waals surface area contributed by atoms with Gasteiger partial charge in [-0.2, -0.15) is 0 Å². The maximum Gasteiger partial charge on any atom is 0.410 e. The molecule has 0 spiro atoms. The summed E-state index contributed by atoms with van der Waals surface area (Å²) >= 11 is 0. The van der Waals surface area contributed by atoms with Gasteiger partial charge in [0.05, 0.1) is 19.7 Å². The number of carbonyl (C=O) groups is 2. The summed E-state index contributed by atoms with van der Waals surface area (Å²) in [5, 5.41) is 20.2. The zero-order valence-corrected chi connectivity index (χ0v) is 12.7. The van der Waals surface area contributed by atoms with Crippen molar-refractivity contribution in [3.8, 4) is 0 Å². The predicted molar refractivity (Wildman–Crippen MR) is 72.9 cm³/mol. The number of carboxylic acids is 1. The average Bonchev–Trinajstić information content (AvgIpc) is 2.33. The van der Waals surface area contributed by atoms with E-state index in [9.17, 15) is 19.8 Å². The molecule has 0 bridgehead atoms. The second kappa shape index (κ2) is 5.14. The van der Waals surface area contributed by atoms with E-state index in [4.69, 9.17) is 9.47 Å². The quantitative estimate of drug-likeness (QED) is 0.785. The summed E-state index contributed by atoms with van der Waals surface area (Å²) in [4.78, 5) is 24.9. The van der Waals surface area contributed by atoms with Crippen LogP contribution in [0.4, 0.5) is 4.79 Å². The summed E-state index contributed by atoms with van der Waals surface area (Å²) in [6, 6.07) is 0. The molecule has 2 rings (SSSR count). The van der Waals surface area contributed by atoms with Gasteiger partial charge in [0.25, 0.3) is 0 Å². The summed E-state index contributed by atoms with van der Waals surface area (Å²) in [5.41, 5.74) is -3.43. The number of aliphatic hydroxyl groups is 1. The van der Waals surface area contributed by atoms with E-state index in [1.807, 2.05) is 0 Å². The largest absolute Gasteiger partial charge is 0.481 e. The van der Waals surface area contributed by atoms with E-state index >= 15 is 0 Å². The van der Waals surface area contributed by atoms with Crippen LogP contribution in [0.5, 0.6) is 0 Å². The first-order chi connectivity index (χ1) is 9.60. The van der Waals surface area contributed by atoms with Gasteiger partial charge in [0, 0.05) is 6.61 Å². The number of amides is 1. The Balaban J connectivity index is 2.05. The summed E-state index contributed by atoms with van der Waals surface area (Å²) in [5.74, 6) is -1.08. The van der Waals surface area contributed by atoms with Gasteiger partial charge in [0.1, 0.15) is 16.6 Å². The molecule has 0 aromatic heterocycles. The van der Waals surface area contributed by atoms with E-state index in [2.05, 4.69) is 0 Å². The third-order valence-electron chi connectivity index (χ3n) is 4.10. The van der Waals surface area contributed by atoms with Crippen LogP contribution in [0.2, 0.25) is 0 Å². The molecule has 1 amide bonds. The van der Waals surface area contributed by atoms with Crippen LogP contribution >= 0.6 is 0 Å². The maximum absolute atomic E-state index is 11.9. The molecule has 7 nitrogen and oxygen atoms in total. The fourth-order valence-electron chi connectivity index (χ4n) is 2.87. The predicted octanol–water partition coefficient (Wildman–Crippen LogP) is 0.850. The number of nitrogens with zero attached hydrogens (tertiary/aromatic N) is 1. The molecule has 2 heterocycles. The Morgan fingerprint density at radius 1 is 1.29 bits per heavy atom. The minimum atomic E-state index is -1.46. The maximum atomic E-state index is 11.9. The number of carboxylic acid groups (broad SMARTS) is 1. The van der Waals surface area contributed by atoms with Crippen LogP contribution < -0.4 is 0 Å². The molecule has 0 aromatic carbocycles. The Morgan fingerprint density at radius 2 is 1.90 bits per heavy atom. The van der Waals surface area contributed by atoms with Crippen molar-refractivity contribution in [3.63, 3.8) is 0 Å². The fraction of sp³-hybridized carbons (Fsp3) is 0.857. The van der Waals surface area contributed by atoms with E-state index in [1.54, 1.807) is 20.8 Å².